The van der Waals surface area contributed by atoms with Crippen LogP contribution in [0, 0.1) is 0 Å². The average Bonchev–Trinajstić information content (AvgIpc) is 3.38. The molecule has 10 nitrogen and oxygen atoms in total. The highest BCUT2D eigenvalue weighted by Gasteiger charge is 2.43. The van der Waals surface area contributed by atoms with Crippen molar-refractivity contribution in [3.63, 3.8) is 0 Å². The summed E-state index contributed by atoms with van der Waals surface area (Å²) in [7, 11) is 0. The number of nitrogens with one attached hydrogen (secondary N) is 2. The Morgan fingerprint density at radius 1 is 1.19 bits per heavy atom. The first-order chi connectivity index (χ1) is 13.1. The second-order valence-electron chi connectivity index (χ2n) is 7.29. The van der Waals surface area contributed by atoms with E-state index in [1.54, 1.807) is 10.9 Å². The second-order valence-corrected chi connectivity index (χ2v) is 7.29. The van der Waals surface area contributed by atoms with E-state index in [0.717, 1.165) is 12.8 Å². The summed E-state index contributed by atoms with van der Waals surface area (Å²) in [5.41, 5.74) is 1.19. The Kier molecular flexibility index (Phi) is 4.94. The van der Waals surface area contributed by atoms with Gasteiger partial charge in [0.1, 0.15) is 30.7 Å². The quantitative estimate of drug-likeness (QED) is 0.462. The molecule has 2 aromatic heterocycles. The van der Waals surface area contributed by atoms with Gasteiger partial charge in [0.2, 0.25) is 5.91 Å². The molecule has 146 valence electrons. The number of aromatic nitrogens is 4. The molecule has 27 heavy (non-hydrogen) atoms. The van der Waals surface area contributed by atoms with Crippen LogP contribution >= 0.6 is 0 Å². The molecule has 5 N–H and O–H groups in total. The predicted octanol–water partition coefficient (Wildman–Crippen LogP) is -0.676. The van der Waals surface area contributed by atoms with E-state index in [2.05, 4.69) is 25.6 Å². The Morgan fingerprint density at radius 3 is 2.70 bits per heavy atom. The van der Waals surface area contributed by atoms with Crippen LogP contribution in [0.5, 0.6) is 0 Å². The largest absolute Gasteiger partial charge is 0.388 e. The lowest BCUT2D eigenvalue weighted by Gasteiger charge is -2.18. The number of rotatable bonds is 5. The van der Waals surface area contributed by atoms with Crippen LogP contribution in [0.4, 0.5) is 5.82 Å². The number of hydrogen-bond donors (Lipinski definition) is 5. The highest BCUT2D eigenvalue weighted by atomic mass is 16.3. The SMILES string of the molecule is O=C(CO)N[C@H]1C[C@@H](n2cnc3c(NC4CCCC4)ncnc32)[C@H](O)[C@@H]1O. The average molecular weight is 376 g/mol. The molecule has 0 aliphatic heterocycles. The number of hydrogen-bond acceptors (Lipinski definition) is 8. The third-order valence-corrected chi connectivity index (χ3v) is 5.55. The fourth-order valence-electron chi connectivity index (χ4n) is 4.14. The smallest absolute Gasteiger partial charge is 0.246 e. The van der Waals surface area contributed by atoms with Crippen molar-refractivity contribution >= 4 is 22.9 Å². The molecular weight excluding hydrogens is 352 g/mol. The normalized spacial score (nSPS) is 28.7. The molecular formula is C17H24N6O4. The van der Waals surface area contributed by atoms with Gasteiger partial charge in [-0.05, 0) is 19.3 Å². The molecule has 2 aliphatic carbocycles. The van der Waals surface area contributed by atoms with E-state index in [-0.39, 0.29) is 0 Å². The standard InChI is InChI=1S/C17H24N6O4/c24-6-12(25)22-10-5-11(15(27)14(10)26)23-8-20-13-16(18-7-19-17(13)23)21-9-3-1-2-4-9/h7-11,14-15,24,26-27H,1-6H2,(H,22,25)(H,18,19,21)/t10-,11+,14+,15-/m0/s1. The van der Waals surface area contributed by atoms with E-state index in [9.17, 15) is 15.0 Å². The van der Waals surface area contributed by atoms with Gasteiger partial charge in [-0.25, -0.2) is 15.0 Å². The zero-order valence-corrected chi connectivity index (χ0v) is 14.8. The van der Waals surface area contributed by atoms with Crippen LogP contribution in [0.2, 0.25) is 0 Å². The van der Waals surface area contributed by atoms with Gasteiger partial charge in [0.15, 0.2) is 11.5 Å². The minimum absolute atomic E-state index is 0.301. The van der Waals surface area contributed by atoms with Crippen LogP contribution in [-0.4, -0.2) is 71.6 Å². The van der Waals surface area contributed by atoms with Crippen LogP contribution < -0.4 is 10.6 Å². The number of imidazole rings is 1. The zero-order chi connectivity index (χ0) is 19.0. The molecule has 1 amide bonds. The minimum Gasteiger partial charge on any atom is -0.388 e. The summed E-state index contributed by atoms with van der Waals surface area (Å²) in [6.07, 6.45) is 5.72. The number of anilines is 1. The van der Waals surface area contributed by atoms with Gasteiger partial charge in [0.05, 0.1) is 18.4 Å². The third-order valence-electron chi connectivity index (χ3n) is 5.55. The Balaban J connectivity index is 1.59. The Hall–Kier alpha value is -2.30. The van der Waals surface area contributed by atoms with Gasteiger partial charge in [0, 0.05) is 6.04 Å². The van der Waals surface area contributed by atoms with Gasteiger partial charge in [-0.1, -0.05) is 12.8 Å². The van der Waals surface area contributed by atoms with E-state index < -0.39 is 36.8 Å². The lowest BCUT2D eigenvalue weighted by Crippen LogP contribution is -2.44. The van der Waals surface area contributed by atoms with Crippen molar-refractivity contribution in [3.05, 3.63) is 12.7 Å². The van der Waals surface area contributed by atoms with Crippen LogP contribution in [0.3, 0.4) is 0 Å². The van der Waals surface area contributed by atoms with E-state index >= 15 is 0 Å². The summed E-state index contributed by atoms with van der Waals surface area (Å²) in [6.45, 7) is -0.665. The molecule has 4 atom stereocenters. The summed E-state index contributed by atoms with van der Waals surface area (Å²) in [6, 6.07) is -0.770. The van der Waals surface area contributed by atoms with E-state index in [1.165, 1.54) is 19.2 Å². The van der Waals surface area contributed by atoms with Crippen molar-refractivity contribution in [2.75, 3.05) is 11.9 Å². The third kappa shape index (κ3) is 3.35. The molecule has 0 unspecified atom stereocenters. The van der Waals surface area contributed by atoms with Gasteiger partial charge in [-0.3, -0.25) is 4.79 Å². The first kappa shape index (κ1) is 18.1. The van der Waals surface area contributed by atoms with Crippen molar-refractivity contribution in [2.45, 2.75) is 62.4 Å². The van der Waals surface area contributed by atoms with Gasteiger partial charge in [-0.15, -0.1) is 0 Å². The number of aliphatic hydroxyl groups excluding tert-OH is 3. The monoisotopic (exact) mass is 376 g/mol. The molecule has 0 aromatic carbocycles. The topological polar surface area (TPSA) is 145 Å². The van der Waals surface area contributed by atoms with Gasteiger partial charge < -0.3 is 30.5 Å². The molecule has 2 aromatic rings. The van der Waals surface area contributed by atoms with Crippen LogP contribution in [0.25, 0.3) is 11.2 Å². The molecule has 10 heteroatoms. The number of aliphatic hydroxyl groups is 3. The van der Waals surface area contributed by atoms with Crippen LogP contribution in [0.15, 0.2) is 12.7 Å². The maximum absolute atomic E-state index is 11.4. The number of nitrogens with zero attached hydrogens (tertiary/aromatic N) is 4. The fraction of sp³-hybridized carbons (Fsp3) is 0.647. The van der Waals surface area contributed by atoms with Crippen molar-refractivity contribution in [1.82, 2.24) is 24.8 Å². The molecule has 2 fully saturated rings. The number of amides is 1. The molecule has 2 saturated carbocycles. The fourth-order valence-corrected chi connectivity index (χ4v) is 4.14. The number of carbonyl (C=O) groups is 1. The van der Waals surface area contributed by atoms with E-state index in [1.807, 2.05) is 0 Å². The summed E-state index contributed by atoms with van der Waals surface area (Å²) < 4.78 is 1.72. The number of carbonyl (C=O) groups excluding carboxylic acids is 1. The van der Waals surface area contributed by atoms with E-state index in [4.69, 9.17) is 5.11 Å². The highest BCUT2D eigenvalue weighted by Crippen LogP contribution is 2.34. The predicted molar refractivity (Wildman–Crippen MR) is 95.9 cm³/mol. The lowest BCUT2D eigenvalue weighted by molar-refractivity contribution is -0.125. The van der Waals surface area contributed by atoms with Crippen molar-refractivity contribution < 1.29 is 20.1 Å². The van der Waals surface area contributed by atoms with Gasteiger partial charge in [0.25, 0.3) is 0 Å². The molecule has 0 bridgehead atoms. The van der Waals surface area contributed by atoms with Gasteiger partial charge >= 0.3 is 0 Å². The zero-order valence-electron chi connectivity index (χ0n) is 14.8. The Morgan fingerprint density at radius 2 is 1.96 bits per heavy atom. The Labute approximate surface area is 155 Å². The van der Waals surface area contributed by atoms with Crippen molar-refractivity contribution in [3.8, 4) is 0 Å². The maximum atomic E-state index is 11.4. The highest BCUT2D eigenvalue weighted by molar-refractivity contribution is 5.83. The minimum atomic E-state index is -1.14. The van der Waals surface area contributed by atoms with E-state index in [0.29, 0.717) is 29.4 Å². The molecule has 4 rings (SSSR count). The molecule has 0 saturated heterocycles. The Bertz CT molecular complexity index is 821. The first-order valence-electron chi connectivity index (χ1n) is 9.29. The molecule has 2 heterocycles. The summed E-state index contributed by atoms with van der Waals surface area (Å²) >= 11 is 0. The first-order valence-corrected chi connectivity index (χ1v) is 9.29. The lowest BCUT2D eigenvalue weighted by atomic mass is 10.2. The maximum Gasteiger partial charge on any atom is 0.246 e. The second kappa shape index (κ2) is 7.37. The number of fused-ring (bicyclic) bond motifs is 1. The molecule has 2 aliphatic rings. The summed E-state index contributed by atoms with van der Waals surface area (Å²) in [4.78, 5) is 24.5. The van der Waals surface area contributed by atoms with Gasteiger partial charge in [-0.2, -0.15) is 0 Å². The molecule has 0 spiro atoms. The van der Waals surface area contributed by atoms with Crippen molar-refractivity contribution in [2.24, 2.45) is 0 Å². The summed E-state index contributed by atoms with van der Waals surface area (Å²) in [5, 5.41) is 35.6. The summed E-state index contributed by atoms with van der Waals surface area (Å²) in [5.74, 6) is 0.0802. The van der Waals surface area contributed by atoms with Crippen molar-refractivity contribution in [1.29, 1.82) is 0 Å². The van der Waals surface area contributed by atoms with Crippen LogP contribution in [-0.2, 0) is 4.79 Å². The van der Waals surface area contributed by atoms with Crippen LogP contribution in [0.1, 0.15) is 38.1 Å². The molecule has 0 radical (unpaired) electrons.